The summed E-state index contributed by atoms with van der Waals surface area (Å²) >= 11 is 0. The van der Waals surface area contributed by atoms with E-state index in [1.165, 1.54) is 50.5 Å². The molecule has 2 aromatic rings. The van der Waals surface area contributed by atoms with Crippen molar-refractivity contribution in [3.63, 3.8) is 0 Å². The number of rotatable bonds is 11. The smallest absolute Gasteiger partial charge is 0.433 e. The summed E-state index contributed by atoms with van der Waals surface area (Å²) in [5.74, 6) is 2.66. The fraction of sp³-hybridized carbons (Fsp3) is 0.594. The molecule has 0 bridgehead atoms. The van der Waals surface area contributed by atoms with Gasteiger partial charge in [-0.2, -0.15) is 4.99 Å². The van der Waals surface area contributed by atoms with Crippen LogP contribution in [0.3, 0.4) is 0 Å². The molecule has 4 N–H and O–H groups in total. The fourth-order valence-corrected chi connectivity index (χ4v) is 6.80. The Kier molecular flexibility index (Phi) is 9.72. The van der Waals surface area contributed by atoms with Crippen molar-refractivity contribution in [1.29, 1.82) is 0 Å². The third-order valence-electron chi connectivity index (χ3n) is 9.51. The van der Waals surface area contributed by atoms with Crippen LogP contribution in [0.4, 0.5) is 22.1 Å². The molecule has 5 rings (SSSR count). The number of amidine groups is 1. The van der Waals surface area contributed by atoms with E-state index in [2.05, 4.69) is 81.0 Å². The van der Waals surface area contributed by atoms with Crippen molar-refractivity contribution < 1.29 is 9.90 Å². The average molecular weight is 575 g/mol. The van der Waals surface area contributed by atoms with Gasteiger partial charge < -0.3 is 21.1 Å². The van der Waals surface area contributed by atoms with E-state index < -0.39 is 6.09 Å². The zero-order valence-corrected chi connectivity index (χ0v) is 25.1. The summed E-state index contributed by atoms with van der Waals surface area (Å²) in [4.78, 5) is 33.5. The molecule has 2 saturated carbocycles. The van der Waals surface area contributed by atoms with Crippen molar-refractivity contribution in [3.05, 3.63) is 41.7 Å². The highest BCUT2D eigenvalue weighted by Crippen LogP contribution is 2.40. The molecule has 1 aromatic heterocycles. The molecule has 3 aliphatic rings. The lowest BCUT2D eigenvalue weighted by atomic mass is 9.80. The number of nitrogens with two attached hydrogens (primary N) is 1. The molecular formula is C32H46N8O2. The van der Waals surface area contributed by atoms with Gasteiger partial charge in [0.2, 0.25) is 0 Å². The Labute approximate surface area is 249 Å². The maximum Gasteiger partial charge on any atom is 0.433 e. The van der Waals surface area contributed by atoms with Gasteiger partial charge in [-0.05, 0) is 75.5 Å². The van der Waals surface area contributed by atoms with Gasteiger partial charge in [-0.15, -0.1) is 0 Å². The Morgan fingerprint density at radius 1 is 1.14 bits per heavy atom. The first-order valence-corrected chi connectivity index (χ1v) is 15.6. The fourth-order valence-electron chi connectivity index (χ4n) is 6.80. The third kappa shape index (κ3) is 7.09. The maximum atomic E-state index is 11.3. The minimum Gasteiger partial charge on any atom is -0.463 e. The summed E-state index contributed by atoms with van der Waals surface area (Å²) < 4.78 is 0. The Balaban J connectivity index is 1.55. The molecule has 10 heteroatoms. The molecule has 2 heterocycles. The summed E-state index contributed by atoms with van der Waals surface area (Å²) in [5.41, 5.74) is 8.20. The lowest BCUT2D eigenvalue weighted by Crippen LogP contribution is -2.42. The van der Waals surface area contributed by atoms with Crippen LogP contribution in [0.25, 0.3) is 0 Å². The van der Waals surface area contributed by atoms with Gasteiger partial charge in [0, 0.05) is 25.2 Å². The topological polar surface area (TPSA) is 132 Å². The monoisotopic (exact) mass is 574 g/mol. The van der Waals surface area contributed by atoms with Gasteiger partial charge in [0.1, 0.15) is 5.69 Å². The van der Waals surface area contributed by atoms with Crippen LogP contribution in [-0.4, -0.2) is 64.4 Å². The number of nitrogens with zero attached hydrogens (tertiary/aromatic N) is 6. The summed E-state index contributed by atoms with van der Waals surface area (Å²) in [6.45, 7) is 11.0. The van der Waals surface area contributed by atoms with Crippen LogP contribution in [0.1, 0.15) is 89.1 Å². The average Bonchev–Trinajstić information content (AvgIpc) is 3.40. The summed E-state index contributed by atoms with van der Waals surface area (Å²) in [6.07, 6.45) is 9.31. The third-order valence-corrected chi connectivity index (χ3v) is 9.51. The van der Waals surface area contributed by atoms with E-state index in [-0.39, 0.29) is 17.7 Å². The first-order valence-electron chi connectivity index (χ1n) is 15.6. The predicted molar refractivity (Wildman–Crippen MR) is 169 cm³/mol. The molecule has 3 fully saturated rings. The zero-order chi connectivity index (χ0) is 29.6. The van der Waals surface area contributed by atoms with Crippen LogP contribution in [0, 0.1) is 17.8 Å². The molecule has 42 heavy (non-hydrogen) atoms. The lowest BCUT2D eigenvalue weighted by molar-refractivity contribution is 0.205. The molecule has 2 aliphatic carbocycles. The van der Waals surface area contributed by atoms with Crippen LogP contribution >= 0.6 is 0 Å². The predicted octanol–water partition coefficient (Wildman–Crippen LogP) is 6.22. The van der Waals surface area contributed by atoms with Crippen molar-refractivity contribution in [2.45, 2.75) is 83.7 Å². The summed E-state index contributed by atoms with van der Waals surface area (Å²) in [7, 11) is 0. The number of aromatic nitrogens is 2. The van der Waals surface area contributed by atoms with Crippen LogP contribution < -0.4 is 16.0 Å². The highest BCUT2D eigenvalue weighted by Gasteiger charge is 2.33. The van der Waals surface area contributed by atoms with Crippen LogP contribution in [0.15, 0.2) is 40.3 Å². The molecule has 10 nitrogen and oxygen atoms in total. The normalized spacial score (nSPS) is 24.1. The molecule has 2 atom stereocenters. The van der Waals surface area contributed by atoms with E-state index in [9.17, 15) is 9.90 Å². The highest BCUT2D eigenvalue weighted by molar-refractivity contribution is 6.01. The second kappa shape index (κ2) is 13.6. The number of benzene rings is 1. The molecule has 1 saturated heterocycles. The van der Waals surface area contributed by atoms with E-state index in [4.69, 9.17) is 10.7 Å². The Bertz CT molecular complexity index is 1260. The van der Waals surface area contributed by atoms with Crippen molar-refractivity contribution in [2.75, 3.05) is 30.0 Å². The van der Waals surface area contributed by atoms with Crippen molar-refractivity contribution in [3.8, 4) is 0 Å². The van der Waals surface area contributed by atoms with Crippen molar-refractivity contribution >= 4 is 36.0 Å². The standard InChI is InChI=1S/C32H46N8O2/c1-21-14-16-23(17-15-21)19-40(20-39-18-8-13-26(39)25-9-5-4-6-10-25)27-29(34-3)37-31(28(33)36-32(41)42)38-30(27)35-22(2)24-11-7-12-24/h4-6,9-10,21-24,26H,3,7-8,11-20H2,1-2H3,(H2,33,36)(H,41,42)(H,35,37,38). The van der Waals surface area contributed by atoms with Crippen molar-refractivity contribution in [1.82, 2.24) is 14.9 Å². The van der Waals surface area contributed by atoms with Crippen LogP contribution in [0.5, 0.6) is 0 Å². The number of carbonyl (C=O) groups is 1. The van der Waals surface area contributed by atoms with Gasteiger partial charge >= 0.3 is 6.09 Å². The molecule has 2 unspecified atom stereocenters. The van der Waals surface area contributed by atoms with Gasteiger partial charge in [-0.3, -0.25) is 4.90 Å². The van der Waals surface area contributed by atoms with Gasteiger partial charge in [0.15, 0.2) is 23.3 Å². The van der Waals surface area contributed by atoms with E-state index in [1.807, 2.05) is 0 Å². The number of anilines is 2. The molecule has 1 amide bonds. The number of likely N-dealkylation sites (tertiary alicyclic amines) is 1. The van der Waals surface area contributed by atoms with Crippen LogP contribution in [0.2, 0.25) is 0 Å². The zero-order valence-electron chi connectivity index (χ0n) is 25.1. The quantitative estimate of drug-likeness (QED) is 0.213. The summed E-state index contributed by atoms with van der Waals surface area (Å²) in [5, 5.41) is 12.9. The number of aliphatic imine (C=N–C) groups is 2. The largest absolute Gasteiger partial charge is 0.463 e. The van der Waals surface area contributed by atoms with Gasteiger partial charge in [-0.25, -0.2) is 19.8 Å². The Morgan fingerprint density at radius 3 is 2.52 bits per heavy atom. The first kappa shape index (κ1) is 29.9. The lowest BCUT2D eigenvalue weighted by Gasteiger charge is -2.39. The van der Waals surface area contributed by atoms with E-state index in [1.54, 1.807) is 0 Å². The second-order valence-electron chi connectivity index (χ2n) is 12.5. The maximum absolute atomic E-state index is 11.3. The van der Waals surface area contributed by atoms with Gasteiger partial charge in [0.05, 0.1) is 6.67 Å². The van der Waals surface area contributed by atoms with Crippen LogP contribution in [-0.2, 0) is 0 Å². The number of amides is 1. The Morgan fingerprint density at radius 2 is 1.88 bits per heavy atom. The first-order chi connectivity index (χ1) is 20.3. The van der Waals surface area contributed by atoms with Gasteiger partial charge in [-0.1, -0.05) is 56.5 Å². The summed E-state index contributed by atoms with van der Waals surface area (Å²) in [6, 6.07) is 11.3. The van der Waals surface area contributed by atoms with E-state index in [0.717, 1.165) is 37.5 Å². The molecule has 0 spiro atoms. The highest BCUT2D eigenvalue weighted by atomic mass is 16.4. The molecular weight excluding hydrogens is 528 g/mol. The number of nitrogens with one attached hydrogen (secondary N) is 1. The van der Waals surface area contributed by atoms with Gasteiger partial charge in [0.25, 0.3) is 0 Å². The minimum atomic E-state index is -1.39. The van der Waals surface area contributed by atoms with Crippen molar-refractivity contribution in [2.24, 2.45) is 33.5 Å². The second-order valence-corrected chi connectivity index (χ2v) is 12.5. The number of carboxylic acid groups (broad SMARTS) is 1. The number of hydrogen-bond acceptors (Lipinski definition) is 7. The molecule has 0 radical (unpaired) electrons. The van der Waals surface area contributed by atoms with E-state index in [0.29, 0.717) is 36.2 Å². The minimum absolute atomic E-state index is 0.0432. The molecule has 226 valence electrons. The van der Waals surface area contributed by atoms with E-state index >= 15 is 0 Å². The molecule has 1 aromatic carbocycles. The Hall–Kier alpha value is -3.53. The SMILES string of the molecule is C=Nc1nc(/C(N)=N/C(=O)O)nc(NC(C)C2CCC2)c1N(CC1CCC(C)CC1)CN1CCCC1c1ccccc1. The number of hydrogen-bond donors (Lipinski definition) is 3. The molecule has 1 aliphatic heterocycles.